The Kier molecular flexibility index (Phi) is 4.31. The minimum absolute atomic E-state index is 0.533. The average Bonchev–Trinajstić information content (AvgIpc) is 2.28. The first kappa shape index (κ1) is 12.5. The van der Waals surface area contributed by atoms with Gasteiger partial charge in [-0.15, -0.1) is 0 Å². The molecule has 0 saturated heterocycles. The first-order chi connectivity index (χ1) is 7.57. The molecule has 1 aromatic carbocycles. The Hall–Kier alpha value is -1.55. The van der Waals surface area contributed by atoms with Gasteiger partial charge in [0.05, 0.1) is 12.5 Å². The molecule has 0 aliphatic heterocycles. The second-order valence-electron chi connectivity index (χ2n) is 3.62. The summed E-state index contributed by atoms with van der Waals surface area (Å²) in [4.78, 5) is 10.9. The van der Waals surface area contributed by atoms with Crippen LogP contribution in [-0.4, -0.2) is 17.7 Å². The van der Waals surface area contributed by atoms with Crippen LogP contribution in [0.5, 0.6) is 5.75 Å². The Morgan fingerprint density at radius 3 is 2.69 bits per heavy atom. The number of hydrogen-bond acceptors (Lipinski definition) is 3. The lowest BCUT2D eigenvalue weighted by molar-refractivity contribution is -0.141. The smallest absolute Gasteiger partial charge is 0.308 e. The average molecular weight is 223 g/mol. The third-order valence-corrected chi connectivity index (χ3v) is 2.51. The number of para-hydroxylation sites is 1. The molecule has 0 heterocycles. The maximum atomic E-state index is 10.9. The van der Waals surface area contributed by atoms with Crippen molar-refractivity contribution < 1.29 is 14.6 Å². The number of benzene rings is 1. The lowest BCUT2D eigenvalue weighted by Gasteiger charge is -2.19. The molecule has 0 fully saturated rings. The maximum Gasteiger partial charge on any atom is 0.308 e. The predicted octanol–water partition coefficient (Wildman–Crippen LogP) is 1.81. The number of carboxylic acids is 1. The molecule has 1 rings (SSSR count). The lowest BCUT2D eigenvalue weighted by Crippen LogP contribution is -2.26. The molecule has 16 heavy (non-hydrogen) atoms. The Labute approximate surface area is 95.0 Å². The monoisotopic (exact) mass is 223 g/mol. The second-order valence-corrected chi connectivity index (χ2v) is 3.62. The highest BCUT2D eigenvalue weighted by molar-refractivity contribution is 5.71. The molecule has 0 amide bonds. The summed E-state index contributed by atoms with van der Waals surface area (Å²) in [6.45, 7) is 4.00. The minimum atomic E-state index is -0.904. The SMILES string of the molecule is CCOc1ccccc1C(N)C(C)C(=O)O. The molecule has 0 bridgehead atoms. The van der Waals surface area contributed by atoms with Gasteiger partial charge in [0.2, 0.25) is 0 Å². The van der Waals surface area contributed by atoms with Gasteiger partial charge < -0.3 is 15.6 Å². The Bertz CT molecular complexity index is 365. The topological polar surface area (TPSA) is 72.5 Å². The van der Waals surface area contributed by atoms with Crippen LogP contribution in [0.25, 0.3) is 0 Å². The van der Waals surface area contributed by atoms with Gasteiger partial charge in [0.15, 0.2) is 0 Å². The fourth-order valence-corrected chi connectivity index (χ4v) is 1.47. The van der Waals surface area contributed by atoms with E-state index in [-0.39, 0.29) is 0 Å². The molecular formula is C12H17NO3. The van der Waals surface area contributed by atoms with E-state index in [0.717, 1.165) is 5.56 Å². The van der Waals surface area contributed by atoms with Gasteiger partial charge in [0, 0.05) is 11.6 Å². The van der Waals surface area contributed by atoms with Crippen molar-refractivity contribution in [3.63, 3.8) is 0 Å². The summed E-state index contributed by atoms with van der Waals surface area (Å²) in [5.74, 6) is -0.883. The first-order valence-corrected chi connectivity index (χ1v) is 5.28. The maximum absolute atomic E-state index is 10.9. The van der Waals surface area contributed by atoms with Crippen molar-refractivity contribution in [2.24, 2.45) is 11.7 Å². The van der Waals surface area contributed by atoms with Crippen molar-refractivity contribution in [3.05, 3.63) is 29.8 Å². The van der Waals surface area contributed by atoms with Gasteiger partial charge in [-0.1, -0.05) is 25.1 Å². The van der Waals surface area contributed by atoms with Crippen LogP contribution in [0, 0.1) is 5.92 Å². The molecule has 1 aromatic rings. The number of hydrogen-bond donors (Lipinski definition) is 2. The van der Waals surface area contributed by atoms with E-state index in [4.69, 9.17) is 15.6 Å². The molecule has 0 aromatic heterocycles. The summed E-state index contributed by atoms with van der Waals surface area (Å²) in [5, 5.41) is 8.91. The fraction of sp³-hybridized carbons (Fsp3) is 0.417. The molecule has 4 heteroatoms. The van der Waals surface area contributed by atoms with Crippen molar-refractivity contribution in [2.45, 2.75) is 19.9 Å². The summed E-state index contributed by atoms with van der Waals surface area (Å²) in [7, 11) is 0. The third kappa shape index (κ3) is 2.73. The van der Waals surface area contributed by atoms with Crippen molar-refractivity contribution in [3.8, 4) is 5.75 Å². The van der Waals surface area contributed by atoms with Crippen LogP contribution in [0.4, 0.5) is 0 Å². The van der Waals surface area contributed by atoms with Crippen molar-refractivity contribution in [2.75, 3.05) is 6.61 Å². The fourth-order valence-electron chi connectivity index (χ4n) is 1.47. The van der Waals surface area contributed by atoms with Crippen LogP contribution in [0.15, 0.2) is 24.3 Å². The van der Waals surface area contributed by atoms with Gasteiger partial charge in [-0.25, -0.2) is 0 Å². The van der Waals surface area contributed by atoms with Crippen molar-refractivity contribution in [1.29, 1.82) is 0 Å². The van der Waals surface area contributed by atoms with E-state index in [1.807, 2.05) is 19.1 Å². The Morgan fingerprint density at radius 2 is 2.12 bits per heavy atom. The normalized spacial score (nSPS) is 14.2. The van der Waals surface area contributed by atoms with Gasteiger partial charge in [-0.05, 0) is 13.0 Å². The van der Waals surface area contributed by atoms with Crippen LogP contribution in [0.2, 0.25) is 0 Å². The molecule has 0 radical (unpaired) electrons. The Balaban J connectivity index is 2.97. The van der Waals surface area contributed by atoms with E-state index in [2.05, 4.69) is 0 Å². The van der Waals surface area contributed by atoms with Crippen LogP contribution < -0.4 is 10.5 Å². The van der Waals surface area contributed by atoms with E-state index in [0.29, 0.717) is 12.4 Å². The zero-order chi connectivity index (χ0) is 12.1. The van der Waals surface area contributed by atoms with E-state index in [9.17, 15) is 4.79 Å². The third-order valence-electron chi connectivity index (χ3n) is 2.51. The van der Waals surface area contributed by atoms with Crippen LogP contribution in [0.3, 0.4) is 0 Å². The van der Waals surface area contributed by atoms with E-state index in [1.165, 1.54) is 0 Å². The highest BCUT2D eigenvalue weighted by Crippen LogP contribution is 2.28. The molecule has 0 spiro atoms. The summed E-state index contributed by atoms with van der Waals surface area (Å²) in [5.41, 5.74) is 6.65. The van der Waals surface area contributed by atoms with E-state index in [1.54, 1.807) is 19.1 Å². The summed E-state index contributed by atoms with van der Waals surface area (Å²) >= 11 is 0. The summed E-state index contributed by atoms with van der Waals surface area (Å²) < 4.78 is 5.42. The standard InChI is InChI=1S/C12H17NO3/c1-3-16-10-7-5-4-6-9(10)11(13)8(2)12(14)15/h4-8,11H,3,13H2,1-2H3,(H,14,15). The molecular weight excluding hydrogens is 206 g/mol. The first-order valence-electron chi connectivity index (χ1n) is 5.28. The molecule has 88 valence electrons. The second kappa shape index (κ2) is 5.51. The zero-order valence-electron chi connectivity index (χ0n) is 9.51. The molecule has 2 atom stereocenters. The number of carbonyl (C=O) groups is 1. The van der Waals surface area contributed by atoms with Crippen LogP contribution in [-0.2, 0) is 4.79 Å². The predicted molar refractivity (Wildman–Crippen MR) is 61.3 cm³/mol. The highest BCUT2D eigenvalue weighted by Gasteiger charge is 2.23. The van der Waals surface area contributed by atoms with Gasteiger partial charge >= 0.3 is 5.97 Å². The lowest BCUT2D eigenvalue weighted by atomic mass is 9.95. The molecule has 2 unspecified atom stereocenters. The van der Waals surface area contributed by atoms with Crippen molar-refractivity contribution >= 4 is 5.97 Å². The van der Waals surface area contributed by atoms with Gasteiger partial charge in [-0.3, -0.25) is 4.79 Å². The quantitative estimate of drug-likeness (QED) is 0.798. The molecule has 0 aliphatic rings. The molecule has 4 nitrogen and oxygen atoms in total. The highest BCUT2D eigenvalue weighted by atomic mass is 16.5. The van der Waals surface area contributed by atoms with Gasteiger partial charge in [0.25, 0.3) is 0 Å². The molecule has 0 saturated carbocycles. The van der Waals surface area contributed by atoms with E-state index < -0.39 is 17.9 Å². The zero-order valence-corrected chi connectivity index (χ0v) is 9.51. The van der Waals surface area contributed by atoms with Crippen LogP contribution >= 0.6 is 0 Å². The summed E-state index contributed by atoms with van der Waals surface area (Å²) in [6.07, 6.45) is 0. The number of ether oxygens (including phenoxy) is 1. The van der Waals surface area contributed by atoms with Gasteiger partial charge in [0.1, 0.15) is 5.75 Å². The number of nitrogens with two attached hydrogens (primary N) is 1. The number of aliphatic carboxylic acids is 1. The van der Waals surface area contributed by atoms with E-state index >= 15 is 0 Å². The van der Waals surface area contributed by atoms with Crippen molar-refractivity contribution in [1.82, 2.24) is 0 Å². The number of carboxylic acid groups (broad SMARTS) is 1. The summed E-state index contributed by atoms with van der Waals surface area (Å²) in [6, 6.07) is 6.71. The van der Waals surface area contributed by atoms with Gasteiger partial charge in [-0.2, -0.15) is 0 Å². The Morgan fingerprint density at radius 1 is 1.50 bits per heavy atom. The largest absolute Gasteiger partial charge is 0.494 e. The minimum Gasteiger partial charge on any atom is -0.494 e. The molecule has 3 N–H and O–H groups in total. The number of rotatable bonds is 5. The van der Waals surface area contributed by atoms with Crippen LogP contribution in [0.1, 0.15) is 25.5 Å². The molecule has 0 aliphatic carbocycles.